The van der Waals surface area contributed by atoms with E-state index in [1.807, 2.05) is 0 Å². The van der Waals surface area contributed by atoms with Crippen LogP contribution < -0.4 is 5.14 Å². The van der Waals surface area contributed by atoms with Gasteiger partial charge < -0.3 is 0 Å². The first-order valence-electron chi connectivity index (χ1n) is 4.37. The number of thioether (sulfide) groups is 1. The second-order valence-corrected chi connectivity index (χ2v) is 6.81. The van der Waals surface area contributed by atoms with Crippen molar-refractivity contribution in [3.63, 3.8) is 0 Å². The summed E-state index contributed by atoms with van der Waals surface area (Å²) in [5, 5.41) is 15.4. The predicted octanol–water partition coefficient (Wildman–Crippen LogP) is 1.74. The monoisotopic (exact) mass is 340 g/mol. The van der Waals surface area contributed by atoms with Crippen molar-refractivity contribution >= 4 is 43.4 Å². The third kappa shape index (κ3) is 5.02. The zero-order chi connectivity index (χ0) is 13.1. The van der Waals surface area contributed by atoms with Gasteiger partial charge in [-0.05, 0) is 22.0 Å². The highest BCUT2D eigenvalue weighted by Crippen LogP contribution is 2.30. The molecule has 0 radical (unpaired) electrons. The third-order valence-corrected chi connectivity index (χ3v) is 4.78. The number of primary sulfonamides is 1. The van der Waals surface area contributed by atoms with Crippen LogP contribution in [0.3, 0.4) is 0 Å². The molecule has 0 aliphatic rings. The van der Waals surface area contributed by atoms with Gasteiger partial charge in [-0.25, -0.2) is 13.6 Å². The minimum Gasteiger partial charge on any atom is -0.258 e. The zero-order valence-corrected chi connectivity index (χ0v) is 11.7. The molecule has 0 fully saturated rings. The summed E-state index contributed by atoms with van der Waals surface area (Å²) in [5.74, 6) is 0.163. The molecule has 0 aromatic heterocycles. The Bertz CT molecular complexity index is 532. The molecule has 0 aliphatic carbocycles. The Hall–Kier alpha value is -0.640. The van der Waals surface area contributed by atoms with E-state index in [1.165, 1.54) is 23.9 Å². The lowest BCUT2D eigenvalue weighted by Crippen LogP contribution is -2.17. The van der Waals surface area contributed by atoms with E-state index in [4.69, 9.17) is 5.14 Å². The van der Waals surface area contributed by atoms with Crippen LogP contribution in [0.4, 0.5) is 5.69 Å². The molecule has 17 heavy (non-hydrogen) atoms. The standard InChI is InChI=1S/C8H9BrN2O4S2/c9-7-5-6(11(12)13)1-2-8(7)16-3-4-17(10,14)15/h1-2,5H,3-4H2,(H2,10,14,15). The molecule has 0 amide bonds. The van der Waals surface area contributed by atoms with Crippen LogP contribution in [0.5, 0.6) is 0 Å². The molecule has 0 spiro atoms. The number of hydrogen-bond acceptors (Lipinski definition) is 5. The predicted molar refractivity (Wildman–Crippen MR) is 69.5 cm³/mol. The van der Waals surface area contributed by atoms with Gasteiger partial charge in [-0.15, -0.1) is 11.8 Å². The number of rotatable bonds is 5. The van der Waals surface area contributed by atoms with E-state index in [9.17, 15) is 18.5 Å². The summed E-state index contributed by atoms with van der Waals surface area (Å²) >= 11 is 4.46. The van der Waals surface area contributed by atoms with Crippen molar-refractivity contribution in [2.75, 3.05) is 11.5 Å². The largest absolute Gasteiger partial charge is 0.270 e. The molecule has 0 heterocycles. The summed E-state index contributed by atoms with van der Waals surface area (Å²) in [6, 6.07) is 4.30. The number of hydrogen-bond donors (Lipinski definition) is 1. The van der Waals surface area contributed by atoms with Gasteiger partial charge >= 0.3 is 0 Å². The SMILES string of the molecule is NS(=O)(=O)CCSc1ccc([N+](=O)[O-])cc1Br. The lowest BCUT2D eigenvalue weighted by atomic mass is 10.3. The number of nitrogens with two attached hydrogens (primary N) is 1. The first-order valence-corrected chi connectivity index (χ1v) is 7.86. The number of halogens is 1. The number of non-ortho nitro benzene ring substituents is 1. The quantitative estimate of drug-likeness (QED) is 0.499. The first-order chi connectivity index (χ1) is 7.79. The lowest BCUT2D eigenvalue weighted by Gasteiger charge is -2.03. The van der Waals surface area contributed by atoms with Gasteiger partial charge in [-0.1, -0.05) is 0 Å². The van der Waals surface area contributed by atoms with Gasteiger partial charge in [0, 0.05) is 27.3 Å². The molecule has 0 saturated heterocycles. The van der Waals surface area contributed by atoms with Gasteiger partial charge in [-0.2, -0.15) is 0 Å². The molecule has 0 atom stereocenters. The lowest BCUT2D eigenvalue weighted by molar-refractivity contribution is -0.385. The van der Waals surface area contributed by atoms with Gasteiger partial charge in [-0.3, -0.25) is 10.1 Å². The Balaban J connectivity index is 2.70. The Morgan fingerprint density at radius 3 is 2.59 bits per heavy atom. The normalized spacial score (nSPS) is 11.4. The van der Waals surface area contributed by atoms with Crippen LogP contribution in [-0.2, 0) is 10.0 Å². The van der Waals surface area contributed by atoms with Gasteiger partial charge in [0.15, 0.2) is 0 Å². The molecule has 1 aromatic rings. The fourth-order valence-electron chi connectivity index (χ4n) is 0.988. The van der Waals surface area contributed by atoms with Crippen LogP contribution in [-0.4, -0.2) is 24.8 Å². The van der Waals surface area contributed by atoms with E-state index in [1.54, 1.807) is 6.07 Å². The smallest absolute Gasteiger partial charge is 0.258 e. The molecule has 0 unspecified atom stereocenters. The second kappa shape index (κ2) is 5.80. The van der Waals surface area contributed by atoms with Crippen LogP contribution in [0.15, 0.2) is 27.6 Å². The highest BCUT2D eigenvalue weighted by Gasteiger charge is 2.10. The van der Waals surface area contributed by atoms with Crippen molar-refractivity contribution in [1.29, 1.82) is 0 Å². The Labute approximate surface area is 111 Å². The molecule has 1 aromatic carbocycles. The van der Waals surface area contributed by atoms with Crippen molar-refractivity contribution in [3.05, 3.63) is 32.8 Å². The van der Waals surface area contributed by atoms with Crippen LogP contribution in [0, 0.1) is 10.1 Å². The molecule has 0 aliphatic heterocycles. The molecule has 1 rings (SSSR count). The van der Waals surface area contributed by atoms with Crippen LogP contribution >= 0.6 is 27.7 Å². The molecule has 6 nitrogen and oxygen atoms in total. The maximum absolute atomic E-state index is 10.7. The molecular formula is C8H9BrN2O4S2. The summed E-state index contributed by atoms with van der Waals surface area (Å²) in [5.41, 5.74) is -0.0207. The van der Waals surface area contributed by atoms with E-state index in [0.29, 0.717) is 10.2 Å². The Morgan fingerprint density at radius 1 is 1.47 bits per heavy atom. The Kier molecular flexibility index (Phi) is 4.92. The maximum Gasteiger partial charge on any atom is 0.270 e. The van der Waals surface area contributed by atoms with Crippen LogP contribution in [0.25, 0.3) is 0 Å². The number of nitro benzene ring substituents is 1. The molecule has 94 valence electrons. The number of nitrogens with zero attached hydrogens (tertiary/aromatic N) is 1. The van der Waals surface area contributed by atoms with Crippen molar-refractivity contribution in [1.82, 2.24) is 0 Å². The molecular weight excluding hydrogens is 332 g/mol. The van der Waals surface area contributed by atoms with Gasteiger partial charge in [0.05, 0.1) is 10.7 Å². The minimum absolute atomic E-state index is 0.0207. The summed E-state index contributed by atoms with van der Waals surface area (Å²) in [6.07, 6.45) is 0. The minimum atomic E-state index is -3.47. The maximum atomic E-state index is 10.7. The topological polar surface area (TPSA) is 103 Å². The van der Waals surface area contributed by atoms with Crippen LogP contribution in [0.1, 0.15) is 0 Å². The van der Waals surface area contributed by atoms with Crippen LogP contribution in [0.2, 0.25) is 0 Å². The van der Waals surface area contributed by atoms with Crippen molar-refractivity contribution in [2.45, 2.75) is 4.90 Å². The van der Waals surface area contributed by atoms with Gasteiger partial charge in [0.1, 0.15) is 0 Å². The van der Waals surface area contributed by atoms with E-state index < -0.39 is 14.9 Å². The highest BCUT2D eigenvalue weighted by atomic mass is 79.9. The fourth-order valence-corrected chi connectivity index (χ4v) is 3.54. The molecule has 2 N–H and O–H groups in total. The number of sulfonamides is 1. The molecule has 9 heteroatoms. The number of nitro groups is 1. The Morgan fingerprint density at radius 2 is 2.12 bits per heavy atom. The first kappa shape index (κ1) is 14.4. The van der Waals surface area contributed by atoms with Gasteiger partial charge in [0.25, 0.3) is 5.69 Å². The van der Waals surface area contributed by atoms with Crippen molar-refractivity contribution in [2.24, 2.45) is 5.14 Å². The average Bonchev–Trinajstić information content (AvgIpc) is 2.18. The summed E-state index contributed by atoms with van der Waals surface area (Å²) in [6.45, 7) is 0. The van der Waals surface area contributed by atoms with E-state index >= 15 is 0 Å². The molecule has 0 saturated carbocycles. The van der Waals surface area contributed by atoms with Crippen molar-refractivity contribution in [3.8, 4) is 0 Å². The fraction of sp³-hybridized carbons (Fsp3) is 0.250. The van der Waals surface area contributed by atoms with E-state index in [2.05, 4.69) is 15.9 Å². The average molecular weight is 341 g/mol. The zero-order valence-electron chi connectivity index (χ0n) is 8.50. The summed E-state index contributed by atoms with van der Waals surface area (Å²) in [7, 11) is -3.47. The summed E-state index contributed by atoms with van der Waals surface area (Å²) < 4.78 is 22.0. The van der Waals surface area contributed by atoms with Crippen molar-refractivity contribution < 1.29 is 13.3 Å². The molecule has 0 bridgehead atoms. The van der Waals surface area contributed by atoms with E-state index in [-0.39, 0.29) is 11.4 Å². The second-order valence-electron chi connectivity index (χ2n) is 3.09. The van der Waals surface area contributed by atoms with Gasteiger partial charge in [0.2, 0.25) is 10.0 Å². The van der Waals surface area contributed by atoms with E-state index in [0.717, 1.165) is 4.90 Å². The summed E-state index contributed by atoms with van der Waals surface area (Å²) in [4.78, 5) is 10.7. The highest BCUT2D eigenvalue weighted by molar-refractivity contribution is 9.10. The number of benzene rings is 1. The third-order valence-electron chi connectivity index (χ3n) is 1.75.